The molecule has 1 unspecified atom stereocenters. The number of rotatable bonds is 14. The average Bonchev–Trinajstić information content (AvgIpc) is 3.47. The SMILES string of the molecule is Cc1sc2c(c1C)C(c1ccc(Cl)cc1)=N[C@@H](CC(=O)NCCCCCCNC(=O)CCCC(Cl)C#CBr)c1nnc(C)n1-2. The van der Waals surface area contributed by atoms with Crippen LogP contribution in [0.3, 0.4) is 0 Å². The molecule has 1 aromatic carbocycles. The molecule has 0 spiro atoms. The second kappa shape index (κ2) is 16.6. The van der Waals surface area contributed by atoms with Gasteiger partial charge in [-0.3, -0.25) is 19.1 Å². The van der Waals surface area contributed by atoms with Crippen molar-refractivity contribution < 1.29 is 9.59 Å². The number of benzene rings is 1. The minimum absolute atomic E-state index is 0.0414. The van der Waals surface area contributed by atoms with Crippen LogP contribution in [0, 0.1) is 31.5 Å². The van der Waals surface area contributed by atoms with Gasteiger partial charge in [-0.15, -0.1) is 33.1 Å². The zero-order valence-electron chi connectivity index (χ0n) is 25.2. The molecule has 0 saturated heterocycles. The van der Waals surface area contributed by atoms with E-state index in [1.165, 1.54) is 4.88 Å². The number of fused-ring (bicyclic) bond motifs is 3. The van der Waals surface area contributed by atoms with Gasteiger partial charge in [0, 0.05) is 56.5 Å². The highest BCUT2D eigenvalue weighted by Crippen LogP contribution is 2.39. The first-order valence-electron chi connectivity index (χ1n) is 14.8. The molecule has 12 heteroatoms. The van der Waals surface area contributed by atoms with Gasteiger partial charge in [0.1, 0.15) is 16.9 Å². The van der Waals surface area contributed by atoms with Gasteiger partial charge in [-0.25, -0.2) is 0 Å². The molecule has 1 aliphatic heterocycles. The molecule has 0 fully saturated rings. The predicted molar refractivity (Wildman–Crippen MR) is 183 cm³/mol. The summed E-state index contributed by atoms with van der Waals surface area (Å²) >= 11 is 16.9. The Balaban J connectivity index is 1.29. The van der Waals surface area contributed by atoms with Gasteiger partial charge < -0.3 is 10.6 Å². The first-order chi connectivity index (χ1) is 21.2. The van der Waals surface area contributed by atoms with E-state index in [1.54, 1.807) is 11.3 Å². The molecule has 44 heavy (non-hydrogen) atoms. The Morgan fingerprint density at radius 1 is 1.02 bits per heavy atom. The first kappa shape index (κ1) is 34.2. The van der Waals surface area contributed by atoms with Crippen molar-refractivity contribution in [2.24, 2.45) is 4.99 Å². The van der Waals surface area contributed by atoms with Gasteiger partial charge in [-0.05, 0) is 69.0 Å². The molecule has 0 aliphatic carbocycles. The molecular formula is C32H37BrCl2N6O2S. The zero-order valence-corrected chi connectivity index (χ0v) is 29.1. The standard InChI is InChI=1S/C32H37BrCl2N6O2S/c1-20-21(2)44-32-29(20)30(23-11-13-25(35)14-12-23)38-26(31-40-39-22(3)41(31)32)19-28(43)37-18-7-5-4-6-17-36-27(42)10-8-9-24(34)15-16-33/h11-14,24,26H,4-10,17-19H2,1-3H3,(H,36,42)(H,37,43)/t24?,26-/m0/s1. The number of carbonyl (C=O) groups excluding carboxylic acids is 2. The van der Waals surface area contributed by atoms with Crippen LogP contribution in [-0.4, -0.2) is 50.8 Å². The smallest absolute Gasteiger partial charge is 0.222 e. The number of nitrogens with zero attached hydrogens (tertiary/aromatic N) is 4. The average molecular weight is 721 g/mol. The van der Waals surface area contributed by atoms with Gasteiger partial charge in [0.25, 0.3) is 0 Å². The highest BCUT2D eigenvalue weighted by atomic mass is 79.9. The van der Waals surface area contributed by atoms with Gasteiger partial charge >= 0.3 is 0 Å². The summed E-state index contributed by atoms with van der Waals surface area (Å²) in [5, 5.41) is 16.3. The van der Waals surface area contributed by atoms with Gasteiger partial charge in [-0.2, -0.15) is 0 Å². The van der Waals surface area contributed by atoms with E-state index in [0.717, 1.165) is 58.9 Å². The molecule has 3 aromatic rings. The zero-order chi connectivity index (χ0) is 31.6. The van der Waals surface area contributed by atoms with E-state index in [0.29, 0.717) is 43.2 Å². The van der Waals surface area contributed by atoms with E-state index in [-0.39, 0.29) is 23.6 Å². The van der Waals surface area contributed by atoms with Crippen LogP contribution in [0.1, 0.15) is 90.6 Å². The Morgan fingerprint density at radius 2 is 1.70 bits per heavy atom. The monoisotopic (exact) mass is 718 g/mol. The molecule has 8 nitrogen and oxygen atoms in total. The van der Waals surface area contributed by atoms with Crippen molar-refractivity contribution in [3.8, 4) is 15.8 Å². The van der Waals surface area contributed by atoms with Crippen molar-refractivity contribution in [2.75, 3.05) is 13.1 Å². The van der Waals surface area contributed by atoms with Gasteiger partial charge in [0.2, 0.25) is 11.8 Å². The Kier molecular flexibility index (Phi) is 12.9. The summed E-state index contributed by atoms with van der Waals surface area (Å²) in [7, 11) is 0. The fraction of sp³-hybridized carbons (Fsp3) is 0.469. The number of unbranched alkanes of at least 4 members (excludes halogenated alkanes) is 3. The summed E-state index contributed by atoms with van der Waals surface area (Å²) in [6, 6.07) is 7.17. The molecule has 0 saturated carbocycles. The van der Waals surface area contributed by atoms with E-state index in [1.807, 2.05) is 31.2 Å². The van der Waals surface area contributed by atoms with E-state index in [9.17, 15) is 9.59 Å². The normalized spacial score (nSPS) is 14.4. The number of thiophene rings is 1. The lowest BCUT2D eigenvalue weighted by atomic mass is 9.99. The van der Waals surface area contributed by atoms with Crippen molar-refractivity contribution in [3.63, 3.8) is 0 Å². The minimum Gasteiger partial charge on any atom is -0.356 e. The number of alkyl halides is 1. The fourth-order valence-electron chi connectivity index (χ4n) is 5.10. The van der Waals surface area contributed by atoms with Crippen LogP contribution in [0.5, 0.6) is 0 Å². The maximum absolute atomic E-state index is 13.1. The molecule has 2 atom stereocenters. The largest absolute Gasteiger partial charge is 0.356 e. The second-order valence-corrected chi connectivity index (χ2v) is 13.4. The Hall–Kier alpha value is -2.71. The molecule has 234 valence electrons. The summed E-state index contributed by atoms with van der Waals surface area (Å²) in [5.74, 6) is 4.20. The third kappa shape index (κ3) is 8.94. The van der Waals surface area contributed by atoms with E-state index in [4.69, 9.17) is 28.2 Å². The lowest BCUT2D eigenvalue weighted by Gasteiger charge is -2.13. The molecule has 3 heterocycles. The number of hydrogen-bond acceptors (Lipinski definition) is 6. The number of amides is 2. The highest BCUT2D eigenvalue weighted by Gasteiger charge is 2.32. The van der Waals surface area contributed by atoms with Crippen LogP contribution in [0.15, 0.2) is 29.3 Å². The molecule has 2 amide bonds. The van der Waals surface area contributed by atoms with Crippen molar-refractivity contribution in [2.45, 2.75) is 83.6 Å². The number of aliphatic imine (C=N–C) groups is 1. The summed E-state index contributed by atoms with van der Waals surface area (Å²) in [5.41, 5.74) is 3.98. The van der Waals surface area contributed by atoms with Crippen LogP contribution in [0.25, 0.3) is 5.00 Å². The maximum Gasteiger partial charge on any atom is 0.222 e. The van der Waals surface area contributed by atoms with Gasteiger partial charge in [0.05, 0.1) is 17.5 Å². The van der Waals surface area contributed by atoms with E-state index in [2.05, 4.69) is 65.9 Å². The van der Waals surface area contributed by atoms with Gasteiger partial charge in [0.15, 0.2) is 5.82 Å². The van der Waals surface area contributed by atoms with Crippen LogP contribution in [0.2, 0.25) is 5.02 Å². The van der Waals surface area contributed by atoms with Gasteiger partial charge in [-0.1, -0.05) is 42.5 Å². The molecule has 2 N–H and O–H groups in total. The summed E-state index contributed by atoms with van der Waals surface area (Å²) in [4.78, 5) is 34.1. The third-order valence-electron chi connectivity index (χ3n) is 7.56. The Labute approximate surface area is 281 Å². The molecule has 0 radical (unpaired) electrons. The second-order valence-electron chi connectivity index (χ2n) is 10.8. The lowest BCUT2D eigenvalue weighted by Crippen LogP contribution is -2.26. The number of nitrogens with one attached hydrogen (secondary N) is 2. The number of aryl methyl sites for hydroxylation is 2. The van der Waals surface area contributed by atoms with E-state index >= 15 is 0 Å². The molecular weight excluding hydrogens is 683 g/mol. The molecule has 1 aliphatic rings. The van der Waals surface area contributed by atoms with Crippen LogP contribution in [0.4, 0.5) is 0 Å². The topological polar surface area (TPSA) is 101 Å². The highest BCUT2D eigenvalue weighted by molar-refractivity contribution is 9.12. The predicted octanol–water partition coefficient (Wildman–Crippen LogP) is 7.12. The Morgan fingerprint density at radius 3 is 2.39 bits per heavy atom. The minimum atomic E-state index is -0.488. The summed E-state index contributed by atoms with van der Waals surface area (Å²) in [6.45, 7) is 7.38. The molecule has 2 aromatic heterocycles. The van der Waals surface area contributed by atoms with Crippen molar-refractivity contribution in [1.29, 1.82) is 0 Å². The Bertz CT molecular complexity index is 1560. The molecule has 0 bridgehead atoms. The fourth-order valence-corrected chi connectivity index (χ4v) is 7.06. The molecule has 4 rings (SSSR count). The first-order valence-corrected chi connectivity index (χ1v) is 17.3. The van der Waals surface area contributed by atoms with Crippen molar-refractivity contribution in [3.05, 3.63) is 62.5 Å². The van der Waals surface area contributed by atoms with Crippen molar-refractivity contribution >= 4 is 68.0 Å². The number of halogens is 3. The van der Waals surface area contributed by atoms with Crippen LogP contribution < -0.4 is 10.6 Å². The quantitative estimate of drug-likeness (QED) is 0.105. The third-order valence-corrected chi connectivity index (χ3v) is 9.56. The van der Waals surface area contributed by atoms with E-state index < -0.39 is 6.04 Å². The van der Waals surface area contributed by atoms with Crippen LogP contribution in [-0.2, 0) is 9.59 Å². The lowest BCUT2D eigenvalue weighted by molar-refractivity contribution is -0.122. The van der Waals surface area contributed by atoms with Crippen molar-refractivity contribution in [1.82, 2.24) is 25.4 Å². The number of aromatic nitrogens is 3. The summed E-state index contributed by atoms with van der Waals surface area (Å²) < 4.78 is 2.05. The summed E-state index contributed by atoms with van der Waals surface area (Å²) in [6.07, 6.45) is 5.71. The maximum atomic E-state index is 13.1. The number of hydrogen-bond donors (Lipinski definition) is 2. The van der Waals surface area contributed by atoms with Crippen LogP contribution >= 0.6 is 50.5 Å². The number of carbonyl (C=O) groups is 2.